The number of allylic oxidation sites excluding steroid dienone is 3. The second-order valence-corrected chi connectivity index (χ2v) is 3.10. The van der Waals surface area contributed by atoms with Gasteiger partial charge in [0.05, 0.1) is 0 Å². The Bertz CT molecular complexity index is 158. The SMILES string of the molecule is C/C=C/C=C/[C@H]1CCCN1C. The number of nitrogens with zero attached hydrogens (tertiary/aromatic N) is 1. The van der Waals surface area contributed by atoms with Crippen molar-refractivity contribution in [2.24, 2.45) is 0 Å². The van der Waals surface area contributed by atoms with E-state index < -0.39 is 0 Å². The Morgan fingerprint density at radius 2 is 2.18 bits per heavy atom. The van der Waals surface area contributed by atoms with Crippen molar-refractivity contribution in [3.8, 4) is 0 Å². The molecule has 1 saturated heterocycles. The monoisotopic (exact) mass is 151 g/mol. The van der Waals surface area contributed by atoms with Crippen LogP contribution in [0.3, 0.4) is 0 Å². The quantitative estimate of drug-likeness (QED) is 0.547. The van der Waals surface area contributed by atoms with Crippen molar-refractivity contribution in [2.45, 2.75) is 25.8 Å². The molecule has 1 aliphatic heterocycles. The van der Waals surface area contributed by atoms with Crippen LogP contribution in [0.4, 0.5) is 0 Å². The first-order valence-corrected chi connectivity index (χ1v) is 4.34. The average Bonchev–Trinajstić information content (AvgIpc) is 2.37. The summed E-state index contributed by atoms with van der Waals surface area (Å²) < 4.78 is 0. The van der Waals surface area contributed by atoms with Gasteiger partial charge in [-0.25, -0.2) is 0 Å². The van der Waals surface area contributed by atoms with Gasteiger partial charge in [0.15, 0.2) is 0 Å². The molecule has 1 atom stereocenters. The first-order valence-electron chi connectivity index (χ1n) is 4.34. The lowest BCUT2D eigenvalue weighted by atomic mass is 10.2. The highest BCUT2D eigenvalue weighted by Gasteiger charge is 2.16. The van der Waals surface area contributed by atoms with Gasteiger partial charge >= 0.3 is 0 Å². The highest BCUT2D eigenvalue weighted by atomic mass is 15.1. The predicted octanol–water partition coefficient (Wildman–Crippen LogP) is 2.21. The fraction of sp³-hybridized carbons (Fsp3) is 0.600. The van der Waals surface area contributed by atoms with Crippen molar-refractivity contribution >= 4 is 0 Å². The molecule has 0 N–H and O–H groups in total. The van der Waals surface area contributed by atoms with Crippen molar-refractivity contribution in [3.05, 3.63) is 24.3 Å². The zero-order chi connectivity index (χ0) is 8.10. The zero-order valence-electron chi connectivity index (χ0n) is 7.46. The van der Waals surface area contributed by atoms with Crippen LogP contribution in [0.15, 0.2) is 24.3 Å². The molecule has 1 nitrogen and oxygen atoms in total. The Morgan fingerprint density at radius 3 is 2.73 bits per heavy atom. The molecular formula is C10H17N. The van der Waals surface area contributed by atoms with Gasteiger partial charge in [0.1, 0.15) is 0 Å². The maximum Gasteiger partial charge on any atom is 0.0278 e. The van der Waals surface area contributed by atoms with Crippen molar-refractivity contribution in [1.29, 1.82) is 0 Å². The maximum atomic E-state index is 2.40. The molecule has 1 heteroatoms. The van der Waals surface area contributed by atoms with E-state index in [1.165, 1.54) is 19.4 Å². The van der Waals surface area contributed by atoms with E-state index >= 15 is 0 Å². The smallest absolute Gasteiger partial charge is 0.0278 e. The Kier molecular flexibility index (Phi) is 3.37. The fourth-order valence-electron chi connectivity index (χ4n) is 1.48. The Balaban J connectivity index is 2.35. The summed E-state index contributed by atoms with van der Waals surface area (Å²) in [5, 5.41) is 0. The second-order valence-electron chi connectivity index (χ2n) is 3.10. The molecule has 0 aromatic heterocycles. The van der Waals surface area contributed by atoms with Crippen molar-refractivity contribution in [2.75, 3.05) is 13.6 Å². The lowest BCUT2D eigenvalue weighted by Crippen LogP contribution is -2.22. The summed E-state index contributed by atoms with van der Waals surface area (Å²) >= 11 is 0. The van der Waals surface area contributed by atoms with Crippen LogP contribution >= 0.6 is 0 Å². The third kappa shape index (κ3) is 2.51. The maximum absolute atomic E-state index is 2.40. The molecular weight excluding hydrogens is 134 g/mol. The second kappa shape index (κ2) is 4.35. The molecule has 0 saturated carbocycles. The molecule has 0 bridgehead atoms. The van der Waals surface area contributed by atoms with E-state index in [9.17, 15) is 0 Å². The molecule has 0 aromatic rings. The highest BCUT2D eigenvalue weighted by molar-refractivity contribution is 5.06. The lowest BCUT2D eigenvalue weighted by molar-refractivity contribution is 0.357. The third-order valence-corrected chi connectivity index (χ3v) is 2.21. The minimum atomic E-state index is 0.686. The van der Waals surface area contributed by atoms with Gasteiger partial charge in [0, 0.05) is 6.04 Å². The summed E-state index contributed by atoms with van der Waals surface area (Å²) in [5.74, 6) is 0. The summed E-state index contributed by atoms with van der Waals surface area (Å²) in [4.78, 5) is 2.40. The third-order valence-electron chi connectivity index (χ3n) is 2.21. The van der Waals surface area contributed by atoms with Gasteiger partial charge in [0.2, 0.25) is 0 Å². The summed E-state index contributed by atoms with van der Waals surface area (Å²) in [6.45, 7) is 3.30. The van der Waals surface area contributed by atoms with Crippen LogP contribution in [0.5, 0.6) is 0 Å². The molecule has 0 radical (unpaired) electrons. The number of likely N-dealkylation sites (N-methyl/N-ethyl adjacent to an activating group) is 1. The van der Waals surface area contributed by atoms with Gasteiger partial charge in [-0.05, 0) is 33.4 Å². The number of hydrogen-bond donors (Lipinski definition) is 0. The van der Waals surface area contributed by atoms with Crippen LogP contribution in [0, 0.1) is 0 Å². The van der Waals surface area contributed by atoms with E-state index in [1.807, 2.05) is 6.92 Å². The van der Waals surface area contributed by atoms with E-state index in [2.05, 4.69) is 36.3 Å². The number of hydrogen-bond acceptors (Lipinski definition) is 1. The largest absolute Gasteiger partial charge is 0.300 e. The van der Waals surface area contributed by atoms with Crippen molar-refractivity contribution < 1.29 is 0 Å². The zero-order valence-corrected chi connectivity index (χ0v) is 7.46. The van der Waals surface area contributed by atoms with Gasteiger partial charge in [0.25, 0.3) is 0 Å². The van der Waals surface area contributed by atoms with Gasteiger partial charge in [-0.2, -0.15) is 0 Å². The molecule has 0 aromatic carbocycles. The predicted molar refractivity (Wildman–Crippen MR) is 49.6 cm³/mol. The van der Waals surface area contributed by atoms with Crippen LogP contribution in [0.1, 0.15) is 19.8 Å². The molecule has 0 unspecified atom stereocenters. The minimum Gasteiger partial charge on any atom is -0.300 e. The molecule has 1 aliphatic rings. The van der Waals surface area contributed by atoms with E-state index in [4.69, 9.17) is 0 Å². The van der Waals surface area contributed by atoms with Crippen LogP contribution in [-0.2, 0) is 0 Å². The van der Waals surface area contributed by atoms with Gasteiger partial charge in [-0.15, -0.1) is 0 Å². The minimum absolute atomic E-state index is 0.686. The summed E-state index contributed by atoms with van der Waals surface area (Å²) in [5.41, 5.74) is 0. The summed E-state index contributed by atoms with van der Waals surface area (Å²) in [7, 11) is 2.19. The highest BCUT2D eigenvalue weighted by Crippen LogP contribution is 2.15. The topological polar surface area (TPSA) is 3.24 Å². The normalized spacial score (nSPS) is 27.6. The Hall–Kier alpha value is -0.560. The molecule has 0 spiro atoms. The van der Waals surface area contributed by atoms with Crippen LogP contribution in [-0.4, -0.2) is 24.5 Å². The van der Waals surface area contributed by atoms with E-state index in [-0.39, 0.29) is 0 Å². The van der Waals surface area contributed by atoms with Crippen LogP contribution in [0.25, 0.3) is 0 Å². The van der Waals surface area contributed by atoms with Gasteiger partial charge in [-0.3, -0.25) is 4.90 Å². The standard InChI is InChI=1S/C10H17N/c1-3-4-5-7-10-8-6-9-11(10)2/h3-5,7,10H,6,8-9H2,1-2H3/b4-3+,7-5+/t10-/m0/s1. The molecule has 1 heterocycles. The molecule has 0 amide bonds. The fourth-order valence-corrected chi connectivity index (χ4v) is 1.48. The Labute approximate surface area is 69.4 Å². The van der Waals surface area contributed by atoms with Gasteiger partial charge in [-0.1, -0.05) is 24.3 Å². The average molecular weight is 151 g/mol. The van der Waals surface area contributed by atoms with E-state index in [0.29, 0.717) is 6.04 Å². The van der Waals surface area contributed by atoms with Gasteiger partial charge < -0.3 is 0 Å². The number of rotatable bonds is 2. The first-order chi connectivity index (χ1) is 5.34. The molecule has 11 heavy (non-hydrogen) atoms. The van der Waals surface area contributed by atoms with Crippen molar-refractivity contribution in [3.63, 3.8) is 0 Å². The summed E-state index contributed by atoms with van der Waals surface area (Å²) in [6.07, 6.45) is 11.3. The van der Waals surface area contributed by atoms with E-state index in [1.54, 1.807) is 0 Å². The van der Waals surface area contributed by atoms with E-state index in [0.717, 1.165) is 0 Å². The molecule has 1 fully saturated rings. The molecule has 0 aliphatic carbocycles. The first kappa shape index (κ1) is 8.54. The van der Waals surface area contributed by atoms with Crippen LogP contribution < -0.4 is 0 Å². The summed E-state index contributed by atoms with van der Waals surface area (Å²) in [6, 6.07) is 0.686. The number of likely N-dealkylation sites (tertiary alicyclic amines) is 1. The molecule has 62 valence electrons. The molecule has 1 rings (SSSR count). The Morgan fingerprint density at radius 1 is 1.36 bits per heavy atom. The van der Waals surface area contributed by atoms with Crippen LogP contribution in [0.2, 0.25) is 0 Å². The lowest BCUT2D eigenvalue weighted by Gasteiger charge is -2.14. The van der Waals surface area contributed by atoms with Crippen molar-refractivity contribution in [1.82, 2.24) is 4.90 Å².